The van der Waals surface area contributed by atoms with Gasteiger partial charge in [-0.2, -0.15) is 0 Å². The molecule has 228 valence electrons. The molecular weight excluding hydrogens is 595 g/mol. The van der Waals surface area contributed by atoms with Crippen molar-refractivity contribution in [3.05, 3.63) is 176 Å². The van der Waals surface area contributed by atoms with Crippen LogP contribution in [0.5, 0.6) is 0 Å². The molecule has 2 aromatic heterocycles. The van der Waals surface area contributed by atoms with E-state index in [4.69, 9.17) is 9.40 Å². The molecule has 8 aromatic carbocycles. The van der Waals surface area contributed by atoms with Crippen molar-refractivity contribution in [1.82, 2.24) is 4.98 Å². The molecule has 0 aliphatic rings. The predicted octanol–water partition coefficient (Wildman–Crippen LogP) is 13.1. The van der Waals surface area contributed by atoms with E-state index in [1.54, 1.807) is 0 Å². The lowest BCUT2D eigenvalue weighted by atomic mass is 9.87. The molecule has 0 spiro atoms. The zero-order valence-corrected chi connectivity index (χ0v) is 26.6. The van der Waals surface area contributed by atoms with Gasteiger partial charge < -0.3 is 4.42 Å². The van der Waals surface area contributed by atoms with Crippen LogP contribution in [0.3, 0.4) is 0 Å². The number of para-hydroxylation sites is 1. The topological polar surface area (TPSA) is 26.0 Å². The molecule has 0 N–H and O–H groups in total. The minimum atomic E-state index is 0.908. The molecule has 0 unspecified atom stereocenters. The maximum Gasteiger partial charge on any atom is 0.136 e. The minimum Gasteiger partial charge on any atom is -0.456 e. The number of hydrogen-bond donors (Lipinski definition) is 0. The minimum absolute atomic E-state index is 0.908. The van der Waals surface area contributed by atoms with Crippen molar-refractivity contribution in [3.8, 4) is 44.8 Å². The first-order chi connectivity index (χ1) is 24.3. The molecule has 10 rings (SSSR count). The third-order valence-corrected chi connectivity index (χ3v) is 9.85. The van der Waals surface area contributed by atoms with Crippen molar-refractivity contribution >= 4 is 54.3 Å². The molecule has 0 aliphatic carbocycles. The normalized spacial score (nSPS) is 11.7. The molecular formula is C47H29NO. The largest absolute Gasteiger partial charge is 0.456 e. The molecule has 49 heavy (non-hydrogen) atoms. The second kappa shape index (κ2) is 11.0. The van der Waals surface area contributed by atoms with Gasteiger partial charge in [-0.1, -0.05) is 140 Å². The molecule has 0 amide bonds. The molecule has 0 bridgehead atoms. The van der Waals surface area contributed by atoms with Crippen LogP contribution in [0.15, 0.2) is 180 Å². The van der Waals surface area contributed by atoms with E-state index in [-0.39, 0.29) is 0 Å². The van der Waals surface area contributed by atoms with Gasteiger partial charge in [0.2, 0.25) is 0 Å². The van der Waals surface area contributed by atoms with Gasteiger partial charge in [0.1, 0.15) is 11.2 Å². The molecule has 0 fully saturated rings. The summed E-state index contributed by atoms with van der Waals surface area (Å²) < 4.78 is 6.27. The molecule has 0 saturated heterocycles. The van der Waals surface area contributed by atoms with Crippen molar-refractivity contribution in [1.29, 1.82) is 0 Å². The molecule has 2 nitrogen and oxygen atoms in total. The predicted molar refractivity (Wildman–Crippen MR) is 206 cm³/mol. The highest BCUT2D eigenvalue weighted by Crippen LogP contribution is 2.43. The molecule has 0 atom stereocenters. The summed E-state index contributed by atoms with van der Waals surface area (Å²) in [6, 6.07) is 62.7. The standard InChI is InChI=1S/C47H29NO/c1-3-12-30(13-4-1)43-27-34(28-44(48-43)31-14-5-2-6-15-31)35-19-11-20-40-36-16-7-8-17-37(36)42-26-32(23-25-41(42)47(35)40)33-22-24-39-38-18-9-10-21-45(38)49-46(39)29-33/h1-29H. The van der Waals surface area contributed by atoms with Crippen LogP contribution in [-0.4, -0.2) is 4.98 Å². The first-order valence-electron chi connectivity index (χ1n) is 16.7. The van der Waals surface area contributed by atoms with Crippen LogP contribution in [0.4, 0.5) is 0 Å². The molecule has 0 radical (unpaired) electrons. The maximum absolute atomic E-state index is 6.27. The molecule has 0 aliphatic heterocycles. The summed E-state index contributed by atoms with van der Waals surface area (Å²) >= 11 is 0. The summed E-state index contributed by atoms with van der Waals surface area (Å²) in [7, 11) is 0. The van der Waals surface area contributed by atoms with Gasteiger partial charge in [-0.3, -0.25) is 0 Å². The highest BCUT2D eigenvalue weighted by Gasteiger charge is 2.17. The van der Waals surface area contributed by atoms with E-state index < -0.39 is 0 Å². The van der Waals surface area contributed by atoms with Gasteiger partial charge in [0, 0.05) is 21.9 Å². The number of pyridine rings is 1. The summed E-state index contributed by atoms with van der Waals surface area (Å²) in [4.78, 5) is 5.16. The Bertz CT molecular complexity index is 2810. The smallest absolute Gasteiger partial charge is 0.136 e. The fraction of sp³-hybridized carbons (Fsp3) is 0. The average Bonchev–Trinajstić information content (AvgIpc) is 3.56. The van der Waals surface area contributed by atoms with Gasteiger partial charge >= 0.3 is 0 Å². The van der Waals surface area contributed by atoms with Crippen LogP contribution in [-0.2, 0) is 0 Å². The SMILES string of the molecule is c1ccc(-c2cc(-c3cccc4c5ccccc5c5cc(-c6ccc7c(c6)oc6ccccc67)ccc5c34)cc(-c3ccccc3)n2)cc1. The van der Waals surface area contributed by atoms with Crippen LogP contribution in [0.25, 0.3) is 99.0 Å². The lowest BCUT2D eigenvalue weighted by Crippen LogP contribution is -1.93. The first kappa shape index (κ1) is 27.6. The van der Waals surface area contributed by atoms with Crippen molar-refractivity contribution < 1.29 is 4.42 Å². The van der Waals surface area contributed by atoms with E-state index >= 15 is 0 Å². The first-order valence-corrected chi connectivity index (χ1v) is 16.7. The number of nitrogens with zero attached hydrogens (tertiary/aromatic N) is 1. The summed E-state index contributed by atoms with van der Waals surface area (Å²) in [5.74, 6) is 0. The number of furan rings is 1. The Balaban J connectivity index is 1.23. The Morgan fingerprint density at radius 3 is 1.55 bits per heavy atom. The lowest BCUT2D eigenvalue weighted by Gasteiger charge is -2.17. The Morgan fingerprint density at radius 1 is 0.306 bits per heavy atom. The Labute approximate surface area is 283 Å². The second-order valence-electron chi connectivity index (χ2n) is 12.7. The van der Waals surface area contributed by atoms with Gasteiger partial charge in [0.05, 0.1) is 11.4 Å². The highest BCUT2D eigenvalue weighted by molar-refractivity contribution is 6.29. The Morgan fingerprint density at radius 2 is 0.837 bits per heavy atom. The van der Waals surface area contributed by atoms with Gasteiger partial charge in [-0.15, -0.1) is 0 Å². The van der Waals surface area contributed by atoms with Gasteiger partial charge in [0.15, 0.2) is 0 Å². The van der Waals surface area contributed by atoms with Gasteiger partial charge in [0.25, 0.3) is 0 Å². The van der Waals surface area contributed by atoms with Crippen molar-refractivity contribution in [2.24, 2.45) is 0 Å². The van der Waals surface area contributed by atoms with E-state index in [2.05, 4.69) is 164 Å². The number of aromatic nitrogens is 1. The average molecular weight is 624 g/mol. The van der Waals surface area contributed by atoms with Gasteiger partial charge in [-0.05, 0) is 91.0 Å². The summed E-state index contributed by atoms with van der Waals surface area (Å²) in [5.41, 5.74) is 10.6. The van der Waals surface area contributed by atoms with Crippen LogP contribution >= 0.6 is 0 Å². The second-order valence-corrected chi connectivity index (χ2v) is 12.7. The van der Waals surface area contributed by atoms with E-state index in [1.807, 2.05) is 12.1 Å². The van der Waals surface area contributed by atoms with Crippen LogP contribution in [0, 0.1) is 0 Å². The Hall–Kier alpha value is -6.51. The maximum atomic E-state index is 6.27. The van der Waals surface area contributed by atoms with Crippen molar-refractivity contribution in [2.45, 2.75) is 0 Å². The van der Waals surface area contributed by atoms with E-state index in [1.165, 1.54) is 43.4 Å². The monoisotopic (exact) mass is 623 g/mol. The molecule has 0 saturated carbocycles. The van der Waals surface area contributed by atoms with Crippen LogP contribution in [0.1, 0.15) is 0 Å². The van der Waals surface area contributed by atoms with E-state index in [9.17, 15) is 0 Å². The number of benzene rings is 8. The Kier molecular flexibility index (Phi) is 6.22. The summed E-state index contributed by atoms with van der Waals surface area (Å²) in [6.45, 7) is 0. The number of fused-ring (bicyclic) bond motifs is 9. The number of hydrogen-bond acceptors (Lipinski definition) is 2. The van der Waals surface area contributed by atoms with Crippen molar-refractivity contribution in [2.75, 3.05) is 0 Å². The third kappa shape index (κ3) is 4.53. The fourth-order valence-corrected chi connectivity index (χ4v) is 7.53. The highest BCUT2D eigenvalue weighted by atomic mass is 16.3. The summed E-state index contributed by atoms with van der Waals surface area (Å²) in [6.07, 6.45) is 0. The summed E-state index contributed by atoms with van der Waals surface area (Å²) in [5, 5.41) is 9.75. The third-order valence-electron chi connectivity index (χ3n) is 9.85. The quantitative estimate of drug-likeness (QED) is 0.182. The van der Waals surface area contributed by atoms with E-state index in [0.717, 1.165) is 55.6 Å². The zero-order valence-electron chi connectivity index (χ0n) is 26.6. The number of rotatable bonds is 4. The fourth-order valence-electron chi connectivity index (χ4n) is 7.53. The van der Waals surface area contributed by atoms with Crippen LogP contribution in [0.2, 0.25) is 0 Å². The van der Waals surface area contributed by atoms with Gasteiger partial charge in [-0.25, -0.2) is 4.98 Å². The lowest BCUT2D eigenvalue weighted by molar-refractivity contribution is 0.669. The van der Waals surface area contributed by atoms with Crippen molar-refractivity contribution in [3.63, 3.8) is 0 Å². The molecule has 2 heteroatoms. The zero-order chi connectivity index (χ0) is 32.3. The van der Waals surface area contributed by atoms with E-state index in [0.29, 0.717) is 0 Å². The molecule has 2 heterocycles. The molecule has 10 aromatic rings. The van der Waals surface area contributed by atoms with Crippen LogP contribution < -0.4 is 0 Å².